The number of rotatable bonds is 5. The van der Waals surface area contributed by atoms with Crippen molar-refractivity contribution >= 4 is 0 Å². The van der Waals surface area contributed by atoms with Gasteiger partial charge in [0, 0.05) is 5.92 Å². The Labute approximate surface area is 93.9 Å². The number of hydrogen-bond acceptors (Lipinski definition) is 1. The molecule has 1 aromatic rings. The van der Waals surface area contributed by atoms with Crippen LogP contribution in [0.3, 0.4) is 0 Å². The lowest BCUT2D eigenvalue weighted by Crippen LogP contribution is -2.04. The molecule has 0 amide bonds. The third kappa shape index (κ3) is 3.40. The number of hydrogen-bond donors (Lipinski definition) is 0. The maximum Gasteiger partial charge on any atom is 0.109 e. The van der Waals surface area contributed by atoms with Gasteiger partial charge in [0.2, 0.25) is 0 Å². The molecule has 1 unspecified atom stereocenters. The molecule has 0 aliphatic heterocycles. The van der Waals surface area contributed by atoms with E-state index in [1.54, 1.807) is 0 Å². The minimum Gasteiger partial charge on any atom is -0.469 e. The van der Waals surface area contributed by atoms with E-state index in [1.165, 1.54) is 17.7 Å². The fraction of sp³-hybridized carbons (Fsp3) is 0.714. The fourth-order valence-corrected chi connectivity index (χ4v) is 1.70. The van der Waals surface area contributed by atoms with Crippen LogP contribution in [0.1, 0.15) is 58.3 Å². The summed E-state index contributed by atoms with van der Waals surface area (Å²) in [6.07, 6.45) is 4.24. The second-order valence-electron chi connectivity index (χ2n) is 5.28. The van der Waals surface area contributed by atoms with Crippen molar-refractivity contribution in [2.24, 2.45) is 11.8 Å². The predicted octanol–water partition coefficient (Wildman–Crippen LogP) is 4.63. The first-order chi connectivity index (χ1) is 7.02. The monoisotopic (exact) mass is 208 g/mol. The van der Waals surface area contributed by atoms with Crippen LogP contribution < -0.4 is 0 Å². The van der Waals surface area contributed by atoms with Crippen molar-refractivity contribution in [2.75, 3.05) is 0 Å². The zero-order valence-electron chi connectivity index (χ0n) is 10.7. The fourth-order valence-electron chi connectivity index (χ4n) is 1.70. The van der Waals surface area contributed by atoms with Crippen LogP contribution in [-0.2, 0) is 6.42 Å². The van der Waals surface area contributed by atoms with Crippen molar-refractivity contribution in [1.29, 1.82) is 0 Å². The average Bonchev–Trinajstić information content (AvgIpc) is 2.60. The molecule has 1 heteroatoms. The maximum absolute atomic E-state index is 5.62. The first-order valence-corrected chi connectivity index (χ1v) is 6.08. The predicted molar refractivity (Wildman–Crippen MR) is 65.1 cm³/mol. The third-order valence-electron chi connectivity index (χ3n) is 3.19. The quantitative estimate of drug-likeness (QED) is 0.687. The van der Waals surface area contributed by atoms with E-state index in [0.717, 1.165) is 12.3 Å². The summed E-state index contributed by atoms with van der Waals surface area (Å²) in [5.74, 6) is 3.14. The van der Waals surface area contributed by atoms with E-state index in [-0.39, 0.29) is 0 Å². The van der Waals surface area contributed by atoms with Gasteiger partial charge in [0.15, 0.2) is 0 Å². The zero-order valence-corrected chi connectivity index (χ0v) is 10.7. The van der Waals surface area contributed by atoms with Crippen LogP contribution in [0.25, 0.3) is 0 Å². The van der Waals surface area contributed by atoms with Crippen molar-refractivity contribution in [3.05, 3.63) is 23.7 Å². The molecule has 0 radical (unpaired) electrons. The standard InChI is InChI=1S/C14H24O/c1-10(2)6-7-13-8-9-15-14(13)12(5)11(3)4/h8-12H,6-7H2,1-5H3. The Kier molecular flexibility index (Phi) is 4.44. The van der Waals surface area contributed by atoms with E-state index in [1.807, 2.05) is 6.26 Å². The molecule has 0 spiro atoms. The summed E-state index contributed by atoms with van der Waals surface area (Å²) >= 11 is 0. The lowest BCUT2D eigenvalue weighted by Gasteiger charge is -2.15. The highest BCUT2D eigenvalue weighted by Crippen LogP contribution is 2.28. The first-order valence-electron chi connectivity index (χ1n) is 6.08. The summed E-state index contributed by atoms with van der Waals surface area (Å²) in [5.41, 5.74) is 1.41. The first kappa shape index (κ1) is 12.4. The van der Waals surface area contributed by atoms with Gasteiger partial charge in [-0.2, -0.15) is 0 Å². The molecule has 86 valence electrons. The van der Waals surface area contributed by atoms with E-state index in [0.29, 0.717) is 11.8 Å². The highest BCUT2D eigenvalue weighted by Gasteiger charge is 2.17. The molecule has 0 aliphatic carbocycles. The lowest BCUT2D eigenvalue weighted by atomic mass is 9.91. The Morgan fingerprint density at radius 3 is 2.33 bits per heavy atom. The molecular weight excluding hydrogens is 184 g/mol. The molecule has 0 N–H and O–H groups in total. The van der Waals surface area contributed by atoms with Crippen molar-refractivity contribution in [3.63, 3.8) is 0 Å². The molecule has 1 atom stereocenters. The molecule has 1 nitrogen and oxygen atoms in total. The molecule has 0 fully saturated rings. The summed E-state index contributed by atoms with van der Waals surface area (Å²) < 4.78 is 5.62. The van der Waals surface area contributed by atoms with Crippen molar-refractivity contribution in [2.45, 2.75) is 53.4 Å². The van der Waals surface area contributed by atoms with E-state index in [2.05, 4.69) is 40.7 Å². The van der Waals surface area contributed by atoms with Crippen LogP contribution in [0.4, 0.5) is 0 Å². The van der Waals surface area contributed by atoms with Crippen LogP contribution in [0.5, 0.6) is 0 Å². The Morgan fingerprint density at radius 2 is 1.80 bits per heavy atom. The van der Waals surface area contributed by atoms with Gasteiger partial charge in [-0.25, -0.2) is 0 Å². The molecule has 0 bridgehead atoms. The third-order valence-corrected chi connectivity index (χ3v) is 3.19. The van der Waals surface area contributed by atoms with E-state index in [4.69, 9.17) is 4.42 Å². The van der Waals surface area contributed by atoms with Gasteiger partial charge in [0.25, 0.3) is 0 Å². The normalized spacial score (nSPS) is 13.8. The minimum atomic E-state index is 0.530. The molecule has 0 aliphatic rings. The molecule has 15 heavy (non-hydrogen) atoms. The van der Waals surface area contributed by atoms with Gasteiger partial charge in [-0.15, -0.1) is 0 Å². The van der Waals surface area contributed by atoms with Gasteiger partial charge in [0.1, 0.15) is 5.76 Å². The van der Waals surface area contributed by atoms with Crippen molar-refractivity contribution in [1.82, 2.24) is 0 Å². The van der Waals surface area contributed by atoms with Crippen LogP contribution in [-0.4, -0.2) is 0 Å². The van der Waals surface area contributed by atoms with Gasteiger partial charge in [-0.1, -0.05) is 34.6 Å². The smallest absolute Gasteiger partial charge is 0.109 e. The zero-order chi connectivity index (χ0) is 11.4. The molecule has 1 heterocycles. The van der Waals surface area contributed by atoms with Crippen molar-refractivity contribution in [3.8, 4) is 0 Å². The van der Waals surface area contributed by atoms with Gasteiger partial charge in [-0.3, -0.25) is 0 Å². The van der Waals surface area contributed by atoms with Gasteiger partial charge in [-0.05, 0) is 36.3 Å². The van der Waals surface area contributed by atoms with Gasteiger partial charge >= 0.3 is 0 Å². The Bertz CT molecular complexity index is 283. The van der Waals surface area contributed by atoms with Crippen LogP contribution in [0.15, 0.2) is 16.7 Å². The van der Waals surface area contributed by atoms with Gasteiger partial charge < -0.3 is 4.42 Å². The number of aryl methyl sites for hydroxylation is 1. The van der Waals surface area contributed by atoms with Crippen LogP contribution in [0, 0.1) is 11.8 Å². The maximum atomic E-state index is 5.62. The van der Waals surface area contributed by atoms with Gasteiger partial charge in [0.05, 0.1) is 6.26 Å². The second-order valence-corrected chi connectivity index (χ2v) is 5.28. The summed E-state index contributed by atoms with van der Waals surface area (Å²) in [6, 6.07) is 2.14. The summed E-state index contributed by atoms with van der Waals surface area (Å²) in [5, 5.41) is 0. The van der Waals surface area contributed by atoms with E-state index < -0.39 is 0 Å². The number of furan rings is 1. The molecule has 0 saturated heterocycles. The highest BCUT2D eigenvalue weighted by atomic mass is 16.3. The topological polar surface area (TPSA) is 13.1 Å². The Balaban J connectivity index is 2.69. The lowest BCUT2D eigenvalue weighted by molar-refractivity contribution is 0.408. The van der Waals surface area contributed by atoms with Crippen LogP contribution in [0.2, 0.25) is 0 Å². The molecule has 0 aromatic carbocycles. The molecular formula is C14H24O. The Hall–Kier alpha value is -0.720. The van der Waals surface area contributed by atoms with Crippen LogP contribution >= 0.6 is 0 Å². The largest absolute Gasteiger partial charge is 0.469 e. The Morgan fingerprint density at radius 1 is 1.13 bits per heavy atom. The second kappa shape index (κ2) is 5.39. The van der Waals surface area contributed by atoms with E-state index >= 15 is 0 Å². The summed E-state index contributed by atoms with van der Waals surface area (Å²) in [6.45, 7) is 11.3. The average molecular weight is 208 g/mol. The molecule has 0 saturated carbocycles. The van der Waals surface area contributed by atoms with Crippen molar-refractivity contribution < 1.29 is 4.42 Å². The highest BCUT2D eigenvalue weighted by molar-refractivity contribution is 5.20. The molecule has 1 aromatic heterocycles. The summed E-state index contributed by atoms with van der Waals surface area (Å²) in [4.78, 5) is 0. The minimum absolute atomic E-state index is 0.530. The molecule has 1 rings (SSSR count). The SMILES string of the molecule is CC(C)CCc1ccoc1C(C)C(C)C. The summed E-state index contributed by atoms with van der Waals surface area (Å²) in [7, 11) is 0. The van der Waals surface area contributed by atoms with E-state index in [9.17, 15) is 0 Å².